The standard InChI is InChI=1S/C17H21BrN2/c1-4-19-16(10-14-7-5-6-8-15(14)18)17-13(3)9-12(2)11-20-17/h5-9,11,16,19H,4,10H2,1-3H3. The van der Waals surface area contributed by atoms with Gasteiger partial charge in [-0.05, 0) is 49.6 Å². The molecule has 0 aliphatic carbocycles. The zero-order chi connectivity index (χ0) is 14.5. The third kappa shape index (κ3) is 3.68. The van der Waals surface area contributed by atoms with E-state index in [-0.39, 0.29) is 6.04 Å². The molecule has 0 saturated carbocycles. The first-order valence-electron chi connectivity index (χ1n) is 7.01. The monoisotopic (exact) mass is 332 g/mol. The molecule has 0 saturated heterocycles. The first-order valence-corrected chi connectivity index (χ1v) is 7.81. The molecule has 2 rings (SSSR count). The molecule has 20 heavy (non-hydrogen) atoms. The fraction of sp³-hybridized carbons (Fsp3) is 0.353. The van der Waals surface area contributed by atoms with Gasteiger partial charge in [0, 0.05) is 10.7 Å². The average Bonchev–Trinajstić information content (AvgIpc) is 2.41. The minimum absolute atomic E-state index is 0.249. The highest BCUT2D eigenvalue weighted by atomic mass is 79.9. The Morgan fingerprint density at radius 3 is 2.65 bits per heavy atom. The van der Waals surface area contributed by atoms with E-state index in [1.54, 1.807) is 0 Å². The van der Waals surface area contributed by atoms with Crippen molar-refractivity contribution in [2.24, 2.45) is 0 Å². The Hall–Kier alpha value is -1.19. The number of halogens is 1. The van der Waals surface area contributed by atoms with Crippen molar-refractivity contribution in [3.63, 3.8) is 0 Å². The summed E-state index contributed by atoms with van der Waals surface area (Å²) in [5.41, 5.74) is 4.92. The van der Waals surface area contributed by atoms with E-state index in [9.17, 15) is 0 Å². The number of hydrogen-bond donors (Lipinski definition) is 1. The van der Waals surface area contributed by atoms with E-state index in [0.717, 1.165) is 23.1 Å². The molecular formula is C17H21BrN2. The third-order valence-corrected chi connectivity index (χ3v) is 4.19. The Morgan fingerprint density at radius 1 is 1.25 bits per heavy atom. The van der Waals surface area contributed by atoms with Gasteiger partial charge in [-0.1, -0.05) is 47.1 Å². The summed E-state index contributed by atoms with van der Waals surface area (Å²) in [6, 6.07) is 10.8. The van der Waals surface area contributed by atoms with Crippen molar-refractivity contribution in [3.8, 4) is 0 Å². The molecule has 0 aliphatic rings. The summed E-state index contributed by atoms with van der Waals surface area (Å²) in [6.07, 6.45) is 2.89. The summed E-state index contributed by atoms with van der Waals surface area (Å²) in [5.74, 6) is 0. The van der Waals surface area contributed by atoms with Crippen molar-refractivity contribution in [3.05, 3.63) is 63.4 Å². The summed E-state index contributed by atoms with van der Waals surface area (Å²) in [7, 11) is 0. The van der Waals surface area contributed by atoms with Crippen LogP contribution >= 0.6 is 15.9 Å². The predicted molar refractivity (Wildman–Crippen MR) is 88.0 cm³/mol. The van der Waals surface area contributed by atoms with Crippen LogP contribution in [0.5, 0.6) is 0 Å². The molecule has 2 aromatic rings. The molecule has 0 amide bonds. The van der Waals surface area contributed by atoms with Crippen molar-refractivity contribution < 1.29 is 0 Å². The van der Waals surface area contributed by atoms with Gasteiger partial charge in [-0.2, -0.15) is 0 Å². The zero-order valence-electron chi connectivity index (χ0n) is 12.3. The smallest absolute Gasteiger partial charge is 0.0605 e. The lowest BCUT2D eigenvalue weighted by Gasteiger charge is -2.20. The topological polar surface area (TPSA) is 24.9 Å². The van der Waals surface area contributed by atoms with Crippen LogP contribution in [0.25, 0.3) is 0 Å². The van der Waals surface area contributed by atoms with E-state index in [4.69, 9.17) is 0 Å². The predicted octanol–water partition coefficient (Wildman–Crippen LogP) is 4.35. The van der Waals surface area contributed by atoms with Crippen LogP contribution in [0.15, 0.2) is 41.0 Å². The van der Waals surface area contributed by atoms with Gasteiger partial charge in [-0.25, -0.2) is 0 Å². The summed E-state index contributed by atoms with van der Waals surface area (Å²) in [5, 5.41) is 3.55. The van der Waals surface area contributed by atoms with Crippen molar-refractivity contribution >= 4 is 15.9 Å². The maximum Gasteiger partial charge on any atom is 0.0605 e. The Bertz CT molecular complexity index is 581. The molecule has 1 N–H and O–H groups in total. The molecule has 1 aromatic heterocycles. The number of likely N-dealkylation sites (N-methyl/N-ethyl adjacent to an activating group) is 1. The molecule has 106 valence electrons. The Morgan fingerprint density at radius 2 is 2.00 bits per heavy atom. The van der Waals surface area contributed by atoms with Crippen LogP contribution in [0.3, 0.4) is 0 Å². The second-order valence-corrected chi connectivity index (χ2v) is 5.97. The van der Waals surface area contributed by atoms with Gasteiger partial charge >= 0.3 is 0 Å². The number of aryl methyl sites for hydroxylation is 2. The Balaban J connectivity index is 2.29. The van der Waals surface area contributed by atoms with Crippen LogP contribution in [0, 0.1) is 13.8 Å². The van der Waals surface area contributed by atoms with Crippen LogP contribution in [0.1, 0.15) is 35.3 Å². The van der Waals surface area contributed by atoms with E-state index < -0.39 is 0 Å². The first kappa shape index (κ1) is 15.2. The van der Waals surface area contributed by atoms with Crippen LogP contribution in [-0.4, -0.2) is 11.5 Å². The van der Waals surface area contributed by atoms with Crippen molar-refractivity contribution in [1.29, 1.82) is 0 Å². The minimum atomic E-state index is 0.249. The number of aromatic nitrogens is 1. The highest BCUT2D eigenvalue weighted by Gasteiger charge is 2.16. The fourth-order valence-electron chi connectivity index (χ4n) is 2.49. The molecule has 0 aliphatic heterocycles. The fourth-order valence-corrected chi connectivity index (χ4v) is 2.93. The summed E-state index contributed by atoms with van der Waals surface area (Å²) < 4.78 is 1.16. The van der Waals surface area contributed by atoms with Gasteiger partial charge in [0.25, 0.3) is 0 Å². The van der Waals surface area contributed by atoms with E-state index in [0.29, 0.717) is 0 Å². The summed E-state index contributed by atoms with van der Waals surface area (Å²) >= 11 is 3.63. The summed E-state index contributed by atoms with van der Waals surface area (Å²) in [6.45, 7) is 7.29. The van der Waals surface area contributed by atoms with Crippen LogP contribution in [-0.2, 0) is 6.42 Å². The number of hydrogen-bond acceptors (Lipinski definition) is 2. The molecule has 2 nitrogen and oxygen atoms in total. The van der Waals surface area contributed by atoms with E-state index in [2.05, 4.69) is 71.3 Å². The number of benzene rings is 1. The third-order valence-electron chi connectivity index (χ3n) is 3.42. The molecule has 1 atom stereocenters. The second-order valence-electron chi connectivity index (χ2n) is 5.12. The molecule has 3 heteroatoms. The maximum atomic E-state index is 4.64. The Labute approximate surface area is 129 Å². The van der Waals surface area contributed by atoms with Crippen molar-refractivity contribution in [2.45, 2.75) is 33.2 Å². The Kier molecular flexibility index (Phi) is 5.32. The van der Waals surface area contributed by atoms with Gasteiger partial charge in [0.2, 0.25) is 0 Å². The molecule has 1 heterocycles. The molecule has 0 radical (unpaired) electrons. The van der Waals surface area contributed by atoms with Gasteiger partial charge in [0.05, 0.1) is 11.7 Å². The summed E-state index contributed by atoms with van der Waals surface area (Å²) in [4.78, 5) is 4.64. The minimum Gasteiger partial charge on any atom is -0.309 e. The van der Waals surface area contributed by atoms with Gasteiger partial charge in [-0.15, -0.1) is 0 Å². The maximum absolute atomic E-state index is 4.64. The second kappa shape index (κ2) is 7.00. The molecule has 1 aromatic carbocycles. The van der Waals surface area contributed by atoms with Gasteiger partial charge < -0.3 is 5.32 Å². The quantitative estimate of drug-likeness (QED) is 0.880. The van der Waals surface area contributed by atoms with Gasteiger partial charge in [0.15, 0.2) is 0 Å². The molecule has 1 unspecified atom stereocenters. The van der Waals surface area contributed by atoms with Crippen molar-refractivity contribution in [2.75, 3.05) is 6.54 Å². The highest BCUT2D eigenvalue weighted by Crippen LogP contribution is 2.24. The van der Waals surface area contributed by atoms with Crippen LogP contribution in [0.4, 0.5) is 0 Å². The van der Waals surface area contributed by atoms with Gasteiger partial charge in [-0.3, -0.25) is 4.98 Å². The lowest BCUT2D eigenvalue weighted by molar-refractivity contribution is 0.533. The number of rotatable bonds is 5. The molecule has 0 fully saturated rings. The SMILES string of the molecule is CCNC(Cc1ccccc1Br)c1ncc(C)cc1C. The molecular weight excluding hydrogens is 312 g/mol. The number of nitrogens with one attached hydrogen (secondary N) is 1. The lowest BCUT2D eigenvalue weighted by Crippen LogP contribution is -2.25. The highest BCUT2D eigenvalue weighted by molar-refractivity contribution is 9.10. The van der Waals surface area contributed by atoms with Crippen LogP contribution in [0.2, 0.25) is 0 Å². The lowest BCUT2D eigenvalue weighted by atomic mass is 9.99. The number of nitrogens with zero attached hydrogens (tertiary/aromatic N) is 1. The largest absolute Gasteiger partial charge is 0.309 e. The number of pyridine rings is 1. The van der Waals surface area contributed by atoms with Crippen LogP contribution < -0.4 is 5.32 Å². The van der Waals surface area contributed by atoms with Crippen molar-refractivity contribution in [1.82, 2.24) is 10.3 Å². The van der Waals surface area contributed by atoms with E-state index >= 15 is 0 Å². The van der Waals surface area contributed by atoms with E-state index in [1.165, 1.54) is 16.7 Å². The molecule has 0 bridgehead atoms. The van der Waals surface area contributed by atoms with E-state index in [1.807, 2.05) is 12.3 Å². The van der Waals surface area contributed by atoms with Gasteiger partial charge in [0.1, 0.15) is 0 Å². The first-order chi connectivity index (χ1) is 9.61. The average molecular weight is 333 g/mol. The zero-order valence-corrected chi connectivity index (χ0v) is 13.9. The molecule has 0 spiro atoms. The normalized spacial score (nSPS) is 12.4.